The molecule has 2 nitrogen and oxygen atoms in total. The second-order valence-electron chi connectivity index (χ2n) is 2.04. The average molecular weight is 280 g/mol. The molecule has 0 fully saturated rings. The van der Waals surface area contributed by atoms with Gasteiger partial charge in [-0.2, -0.15) is 0 Å². The summed E-state index contributed by atoms with van der Waals surface area (Å²) >= 11 is 6.45. The van der Waals surface area contributed by atoms with Crippen molar-refractivity contribution in [3.63, 3.8) is 0 Å². The third-order valence-corrected chi connectivity index (χ3v) is 2.42. The molecule has 0 radical (unpaired) electrons. The lowest BCUT2D eigenvalue weighted by atomic mass is 9.80. The molecule has 0 bridgehead atoms. The molecule has 0 aliphatic rings. The first kappa shape index (κ1) is 9.25. The molecule has 2 N–H and O–H groups in total. The number of rotatable bonds is 1. The van der Waals surface area contributed by atoms with Gasteiger partial charge < -0.3 is 10.0 Å². The second-order valence-corrected chi connectivity index (χ2v) is 3.81. The summed E-state index contributed by atoms with van der Waals surface area (Å²) in [6.07, 6.45) is 0. The first-order chi connectivity index (χ1) is 5.11. The van der Waals surface area contributed by atoms with Crippen LogP contribution in [0.25, 0.3) is 0 Å². The molecule has 0 aliphatic heterocycles. The van der Waals surface area contributed by atoms with Gasteiger partial charge in [0.05, 0.1) is 0 Å². The molecule has 5 heteroatoms. The Bertz CT molecular complexity index is 265. The lowest BCUT2D eigenvalue weighted by Crippen LogP contribution is -2.30. The van der Waals surface area contributed by atoms with E-state index in [0.29, 0.717) is 9.94 Å². The summed E-state index contributed by atoms with van der Waals surface area (Å²) in [6, 6.07) is 5.15. The van der Waals surface area contributed by atoms with Crippen molar-refractivity contribution in [1.82, 2.24) is 0 Å². The van der Waals surface area contributed by atoms with E-state index < -0.39 is 7.12 Å². The zero-order chi connectivity index (χ0) is 8.43. The van der Waals surface area contributed by atoms with Crippen LogP contribution in [0, 0.1) is 0 Å². The number of halogens is 2. The standard InChI is InChI=1S/C6H5BBr2O2/c8-4-1-2-5(7(10)11)6(9)3-4/h1-3,10-11H. The quantitative estimate of drug-likeness (QED) is 0.750. The maximum atomic E-state index is 8.81. The van der Waals surface area contributed by atoms with Gasteiger partial charge in [-0.25, -0.2) is 0 Å². The van der Waals surface area contributed by atoms with Crippen LogP contribution < -0.4 is 5.46 Å². The molecule has 1 aromatic carbocycles. The molecule has 0 saturated heterocycles. The van der Waals surface area contributed by atoms with Crippen molar-refractivity contribution in [3.8, 4) is 0 Å². The maximum absolute atomic E-state index is 8.81. The molecule has 0 spiro atoms. The third kappa shape index (κ3) is 2.30. The smallest absolute Gasteiger partial charge is 0.423 e. The first-order valence-corrected chi connectivity index (χ1v) is 4.51. The molecule has 0 aromatic heterocycles. The largest absolute Gasteiger partial charge is 0.489 e. The van der Waals surface area contributed by atoms with Crippen LogP contribution in [0.5, 0.6) is 0 Å². The Balaban J connectivity index is 3.09. The molecule has 0 atom stereocenters. The van der Waals surface area contributed by atoms with E-state index in [4.69, 9.17) is 10.0 Å². The van der Waals surface area contributed by atoms with Crippen molar-refractivity contribution in [1.29, 1.82) is 0 Å². The van der Waals surface area contributed by atoms with Crippen molar-refractivity contribution < 1.29 is 10.0 Å². The minimum Gasteiger partial charge on any atom is -0.423 e. The van der Waals surface area contributed by atoms with E-state index in [0.717, 1.165) is 4.47 Å². The van der Waals surface area contributed by atoms with Gasteiger partial charge in [0.25, 0.3) is 0 Å². The molecular formula is C6H5BBr2O2. The summed E-state index contributed by atoms with van der Waals surface area (Å²) in [5, 5.41) is 17.6. The van der Waals surface area contributed by atoms with Crippen LogP contribution in [0.2, 0.25) is 0 Å². The molecule has 1 aromatic rings. The minimum atomic E-state index is -1.42. The van der Waals surface area contributed by atoms with Gasteiger partial charge in [-0.15, -0.1) is 0 Å². The van der Waals surface area contributed by atoms with E-state index in [-0.39, 0.29) is 0 Å². The van der Waals surface area contributed by atoms with E-state index in [1.165, 1.54) is 0 Å². The summed E-state index contributed by atoms with van der Waals surface area (Å²) in [5.41, 5.74) is 0.466. The van der Waals surface area contributed by atoms with E-state index >= 15 is 0 Å². The molecule has 0 amide bonds. The fourth-order valence-electron chi connectivity index (χ4n) is 0.711. The molecular weight excluding hydrogens is 275 g/mol. The number of benzene rings is 1. The Hall–Kier alpha value is 0.165. The predicted octanol–water partition coefficient (Wildman–Crippen LogP) is 0.891. The van der Waals surface area contributed by atoms with Crippen molar-refractivity contribution >= 4 is 44.4 Å². The predicted molar refractivity (Wildman–Crippen MR) is 51.7 cm³/mol. The van der Waals surface area contributed by atoms with Crippen LogP contribution in [-0.2, 0) is 0 Å². The second kappa shape index (κ2) is 3.71. The van der Waals surface area contributed by atoms with Crippen LogP contribution >= 0.6 is 31.9 Å². The first-order valence-electron chi connectivity index (χ1n) is 2.92. The number of hydrogen-bond donors (Lipinski definition) is 2. The fraction of sp³-hybridized carbons (Fsp3) is 0. The van der Waals surface area contributed by atoms with Crippen molar-refractivity contribution in [2.45, 2.75) is 0 Å². The molecule has 0 saturated carbocycles. The molecule has 0 unspecified atom stereocenters. The summed E-state index contributed by atoms with van der Waals surface area (Å²) in [6.45, 7) is 0. The minimum absolute atomic E-state index is 0.466. The highest BCUT2D eigenvalue weighted by Crippen LogP contribution is 2.14. The summed E-state index contributed by atoms with van der Waals surface area (Å²) < 4.78 is 1.58. The van der Waals surface area contributed by atoms with Crippen LogP contribution in [0.1, 0.15) is 0 Å². The Kier molecular flexibility index (Phi) is 3.12. The number of hydrogen-bond acceptors (Lipinski definition) is 2. The van der Waals surface area contributed by atoms with Gasteiger partial charge >= 0.3 is 7.12 Å². The van der Waals surface area contributed by atoms with Gasteiger partial charge in [0, 0.05) is 8.95 Å². The topological polar surface area (TPSA) is 40.5 Å². The Morgan fingerprint density at radius 3 is 2.27 bits per heavy atom. The normalized spacial score (nSPS) is 9.82. The average Bonchev–Trinajstić information content (AvgIpc) is 1.85. The van der Waals surface area contributed by atoms with Crippen LogP contribution in [0.15, 0.2) is 27.1 Å². The Morgan fingerprint density at radius 2 is 1.82 bits per heavy atom. The summed E-state index contributed by atoms with van der Waals surface area (Å²) in [5.74, 6) is 0. The van der Waals surface area contributed by atoms with Gasteiger partial charge in [0.15, 0.2) is 0 Å². The maximum Gasteiger partial charge on any atom is 0.489 e. The molecule has 0 aliphatic carbocycles. The van der Waals surface area contributed by atoms with Crippen LogP contribution in [0.4, 0.5) is 0 Å². The highest BCUT2D eigenvalue weighted by molar-refractivity contribution is 9.11. The van der Waals surface area contributed by atoms with Gasteiger partial charge in [-0.3, -0.25) is 0 Å². The molecule has 1 rings (SSSR count). The lowest BCUT2D eigenvalue weighted by Gasteiger charge is -2.01. The third-order valence-electron chi connectivity index (χ3n) is 1.24. The summed E-state index contributed by atoms with van der Waals surface area (Å²) in [4.78, 5) is 0. The molecule has 11 heavy (non-hydrogen) atoms. The van der Waals surface area contributed by atoms with Gasteiger partial charge in [-0.05, 0) is 17.6 Å². The highest BCUT2D eigenvalue weighted by Gasteiger charge is 2.13. The van der Waals surface area contributed by atoms with Gasteiger partial charge in [0.1, 0.15) is 0 Å². The van der Waals surface area contributed by atoms with E-state index in [9.17, 15) is 0 Å². The highest BCUT2D eigenvalue weighted by atomic mass is 79.9. The van der Waals surface area contributed by atoms with Gasteiger partial charge in [-0.1, -0.05) is 37.9 Å². The van der Waals surface area contributed by atoms with E-state index in [1.807, 2.05) is 0 Å². The Labute approximate surface area is 81.6 Å². The van der Waals surface area contributed by atoms with Gasteiger partial charge in [0.2, 0.25) is 0 Å². The lowest BCUT2D eigenvalue weighted by molar-refractivity contribution is 0.425. The summed E-state index contributed by atoms with van der Waals surface area (Å²) in [7, 11) is -1.42. The van der Waals surface area contributed by atoms with Crippen molar-refractivity contribution in [3.05, 3.63) is 27.1 Å². The van der Waals surface area contributed by atoms with E-state index in [2.05, 4.69) is 31.9 Å². The monoisotopic (exact) mass is 278 g/mol. The SMILES string of the molecule is OB(O)c1ccc(Br)cc1Br. The zero-order valence-electron chi connectivity index (χ0n) is 5.46. The van der Waals surface area contributed by atoms with Crippen LogP contribution in [-0.4, -0.2) is 17.2 Å². The molecule has 58 valence electrons. The fourth-order valence-corrected chi connectivity index (χ4v) is 1.96. The van der Waals surface area contributed by atoms with Crippen LogP contribution in [0.3, 0.4) is 0 Å². The van der Waals surface area contributed by atoms with E-state index in [1.54, 1.807) is 18.2 Å². The van der Waals surface area contributed by atoms with Crippen molar-refractivity contribution in [2.24, 2.45) is 0 Å². The Morgan fingerprint density at radius 1 is 1.18 bits per heavy atom. The van der Waals surface area contributed by atoms with Crippen molar-refractivity contribution in [2.75, 3.05) is 0 Å². The zero-order valence-corrected chi connectivity index (χ0v) is 8.63. The molecule has 0 heterocycles.